The molecule has 31 heavy (non-hydrogen) atoms. The number of carbonyl (C=O) groups is 1. The Morgan fingerprint density at radius 1 is 1.16 bits per heavy atom. The monoisotopic (exact) mass is 477 g/mol. The molecule has 2 heterocycles. The number of aromatic nitrogens is 1. The first-order chi connectivity index (χ1) is 14.6. The van der Waals surface area contributed by atoms with Gasteiger partial charge in [0.15, 0.2) is 5.13 Å². The van der Waals surface area contributed by atoms with Gasteiger partial charge < -0.3 is 4.74 Å². The SMILES string of the molecule is CSc1ccc(C(=O)N(CCN2CCOCC2)c2nc3c(C)c(C)ccc3s2)cc1.Cl. The number of hydrogen-bond donors (Lipinski definition) is 0. The summed E-state index contributed by atoms with van der Waals surface area (Å²) in [4.78, 5) is 23.7. The number of hydrogen-bond acceptors (Lipinski definition) is 6. The molecule has 3 aromatic rings. The van der Waals surface area contributed by atoms with Crippen molar-refractivity contribution < 1.29 is 9.53 Å². The zero-order valence-electron chi connectivity index (χ0n) is 18.1. The molecule has 0 radical (unpaired) electrons. The van der Waals surface area contributed by atoms with Crippen LogP contribution in [0.4, 0.5) is 5.13 Å². The van der Waals surface area contributed by atoms with Gasteiger partial charge in [-0.3, -0.25) is 14.6 Å². The minimum Gasteiger partial charge on any atom is -0.379 e. The van der Waals surface area contributed by atoms with Crippen LogP contribution in [0.25, 0.3) is 10.2 Å². The summed E-state index contributed by atoms with van der Waals surface area (Å²) < 4.78 is 6.58. The average Bonchev–Trinajstić information content (AvgIpc) is 3.22. The number of amides is 1. The third-order valence-electron chi connectivity index (χ3n) is 5.63. The van der Waals surface area contributed by atoms with Crippen molar-refractivity contribution in [2.75, 3.05) is 50.5 Å². The van der Waals surface area contributed by atoms with Gasteiger partial charge >= 0.3 is 0 Å². The summed E-state index contributed by atoms with van der Waals surface area (Å²) in [7, 11) is 0. The largest absolute Gasteiger partial charge is 0.379 e. The Kier molecular flexibility index (Phi) is 8.36. The lowest BCUT2D eigenvalue weighted by atomic mass is 10.1. The Morgan fingerprint density at radius 2 is 1.87 bits per heavy atom. The molecular formula is C23H28ClN3O2S2. The predicted octanol–water partition coefficient (Wildman–Crippen LogP) is 5.04. The van der Waals surface area contributed by atoms with E-state index < -0.39 is 0 Å². The second-order valence-electron chi connectivity index (χ2n) is 7.49. The van der Waals surface area contributed by atoms with Crippen LogP contribution >= 0.6 is 35.5 Å². The van der Waals surface area contributed by atoms with Crippen molar-refractivity contribution in [1.82, 2.24) is 9.88 Å². The molecule has 1 aromatic heterocycles. The number of fused-ring (bicyclic) bond motifs is 1. The number of halogens is 1. The highest BCUT2D eigenvalue weighted by atomic mass is 35.5. The number of anilines is 1. The van der Waals surface area contributed by atoms with Crippen LogP contribution < -0.4 is 4.90 Å². The second-order valence-corrected chi connectivity index (χ2v) is 9.38. The molecule has 166 valence electrons. The first-order valence-electron chi connectivity index (χ1n) is 10.2. The van der Waals surface area contributed by atoms with Crippen molar-refractivity contribution in [3.8, 4) is 0 Å². The molecule has 4 rings (SSSR count). The highest BCUT2D eigenvalue weighted by molar-refractivity contribution is 7.98. The number of nitrogens with zero attached hydrogens (tertiary/aromatic N) is 3. The Balaban J connectivity index is 0.00000272. The second kappa shape index (κ2) is 10.8. The van der Waals surface area contributed by atoms with Gasteiger partial charge in [-0.15, -0.1) is 24.2 Å². The molecule has 0 unspecified atom stereocenters. The predicted molar refractivity (Wildman–Crippen MR) is 134 cm³/mol. The van der Waals surface area contributed by atoms with Gasteiger partial charge in [0.1, 0.15) is 0 Å². The highest BCUT2D eigenvalue weighted by Gasteiger charge is 2.23. The molecule has 0 atom stereocenters. The number of benzene rings is 2. The van der Waals surface area contributed by atoms with E-state index in [1.807, 2.05) is 35.4 Å². The quantitative estimate of drug-likeness (QED) is 0.465. The first kappa shape index (κ1) is 24.0. The summed E-state index contributed by atoms with van der Waals surface area (Å²) in [6.45, 7) is 8.94. The van der Waals surface area contributed by atoms with Crippen LogP contribution in [-0.2, 0) is 4.74 Å². The maximum Gasteiger partial charge on any atom is 0.260 e. The number of thioether (sulfide) groups is 1. The average molecular weight is 478 g/mol. The van der Waals surface area contributed by atoms with Gasteiger partial charge in [-0.1, -0.05) is 17.4 Å². The molecule has 2 aromatic carbocycles. The Morgan fingerprint density at radius 3 is 2.55 bits per heavy atom. The van der Waals surface area contributed by atoms with E-state index in [4.69, 9.17) is 9.72 Å². The maximum atomic E-state index is 13.5. The maximum absolute atomic E-state index is 13.5. The van der Waals surface area contributed by atoms with Crippen LogP contribution in [0.15, 0.2) is 41.3 Å². The third kappa shape index (κ3) is 5.41. The number of rotatable bonds is 6. The van der Waals surface area contributed by atoms with E-state index in [0.29, 0.717) is 12.1 Å². The summed E-state index contributed by atoms with van der Waals surface area (Å²) in [5.41, 5.74) is 4.09. The molecule has 0 N–H and O–H groups in total. The van der Waals surface area contributed by atoms with E-state index in [0.717, 1.165) is 53.1 Å². The molecular weight excluding hydrogens is 450 g/mol. The summed E-state index contributed by atoms with van der Waals surface area (Å²) in [5, 5.41) is 0.769. The summed E-state index contributed by atoms with van der Waals surface area (Å²) in [6.07, 6.45) is 2.04. The molecule has 0 aliphatic carbocycles. The molecule has 1 aliphatic heterocycles. The number of ether oxygens (including phenoxy) is 1. The lowest BCUT2D eigenvalue weighted by Crippen LogP contribution is -2.43. The zero-order valence-corrected chi connectivity index (χ0v) is 20.5. The molecule has 0 saturated carbocycles. The van der Waals surface area contributed by atoms with Gasteiger partial charge in [0.25, 0.3) is 5.91 Å². The number of aryl methyl sites for hydroxylation is 2. The number of carbonyl (C=O) groups excluding carboxylic acids is 1. The molecule has 1 amide bonds. The third-order valence-corrected chi connectivity index (χ3v) is 7.42. The fourth-order valence-corrected chi connectivity index (χ4v) is 5.03. The van der Waals surface area contributed by atoms with Gasteiger partial charge in [0.2, 0.25) is 0 Å². The molecule has 0 spiro atoms. The number of thiazole rings is 1. The fourth-order valence-electron chi connectivity index (χ4n) is 3.57. The van der Waals surface area contributed by atoms with Crippen molar-refractivity contribution in [3.63, 3.8) is 0 Å². The molecule has 5 nitrogen and oxygen atoms in total. The smallest absolute Gasteiger partial charge is 0.260 e. The zero-order chi connectivity index (χ0) is 21.1. The lowest BCUT2D eigenvalue weighted by Gasteiger charge is -2.29. The topological polar surface area (TPSA) is 45.7 Å². The van der Waals surface area contributed by atoms with Gasteiger partial charge in [0, 0.05) is 36.6 Å². The minimum absolute atomic E-state index is 0. The van der Waals surface area contributed by atoms with E-state index in [9.17, 15) is 4.79 Å². The first-order valence-corrected chi connectivity index (χ1v) is 12.2. The van der Waals surface area contributed by atoms with Crippen LogP contribution in [0.2, 0.25) is 0 Å². The van der Waals surface area contributed by atoms with E-state index >= 15 is 0 Å². The van der Waals surface area contributed by atoms with E-state index in [1.165, 1.54) is 11.1 Å². The summed E-state index contributed by atoms with van der Waals surface area (Å²) in [5.74, 6) is 0.00402. The molecule has 1 fully saturated rings. The van der Waals surface area contributed by atoms with Crippen LogP contribution in [0.1, 0.15) is 21.5 Å². The molecule has 1 saturated heterocycles. The number of morpholine rings is 1. The molecule has 0 bridgehead atoms. The van der Waals surface area contributed by atoms with Gasteiger partial charge in [-0.2, -0.15) is 0 Å². The van der Waals surface area contributed by atoms with Crippen LogP contribution in [0, 0.1) is 13.8 Å². The Bertz CT molecular complexity index is 1030. The van der Waals surface area contributed by atoms with Crippen molar-refractivity contribution in [2.24, 2.45) is 0 Å². The van der Waals surface area contributed by atoms with E-state index in [2.05, 4.69) is 30.9 Å². The Labute approximate surface area is 198 Å². The fraction of sp³-hybridized carbons (Fsp3) is 0.391. The minimum atomic E-state index is 0. The molecule has 8 heteroatoms. The van der Waals surface area contributed by atoms with Gasteiger partial charge in [-0.25, -0.2) is 4.98 Å². The summed E-state index contributed by atoms with van der Waals surface area (Å²) >= 11 is 3.27. The summed E-state index contributed by atoms with van der Waals surface area (Å²) in [6, 6.07) is 12.1. The van der Waals surface area contributed by atoms with Crippen molar-refractivity contribution in [1.29, 1.82) is 0 Å². The van der Waals surface area contributed by atoms with E-state index in [1.54, 1.807) is 23.1 Å². The van der Waals surface area contributed by atoms with Crippen LogP contribution in [-0.4, -0.2) is 61.4 Å². The highest BCUT2D eigenvalue weighted by Crippen LogP contribution is 2.32. The van der Waals surface area contributed by atoms with Crippen molar-refractivity contribution in [2.45, 2.75) is 18.7 Å². The van der Waals surface area contributed by atoms with Crippen LogP contribution in [0.3, 0.4) is 0 Å². The van der Waals surface area contributed by atoms with Crippen molar-refractivity contribution >= 4 is 56.8 Å². The lowest BCUT2D eigenvalue weighted by molar-refractivity contribution is 0.0391. The van der Waals surface area contributed by atoms with Gasteiger partial charge in [0.05, 0.1) is 23.4 Å². The van der Waals surface area contributed by atoms with Crippen LogP contribution in [0.5, 0.6) is 0 Å². The normalized spacial score (nSPS) is 14.4. The van der Waals surface area contributed by atoms with Crippen molar-refractivity contribution in [3.05, 3.63) is 53.1 Å². The standard InChI is InChI=1S/C23H27N3O2S2.ClH/c1-16-4-9-20-21(17(16)2)24-23(30-20)26(11-10-25-12-14-28-15-13-25)22(27)18-5-7-19(29-3)8-6-18;/h4-9H,10-15H2,1-3H3;1H. The van der Waals surface area contributed by atoms with E-state index in [-0.39, 0.29) is 18.3 Å². The Hall–Kier alpha value is -1.64. The molecule has 1 aliphatic rings. The van der Waals surface area contributed by atoms with Gasteiger partial charge in [-0.05, 0) is 61.6 Å².